The van der Waals surface area contributed by atoms with Crippen molar-refractivity contribution < 1.29 is 14.3 Å². The summed E-state index contributed by atoms with van der Waals surface area (Å²) in [4.78, 5) is 10.9. The fraction of sp³-hybridized carbons (Fsp3) is 0.417. The Morgan fingerprint density at radius 2 is 2.12 bits per heavy atom. The topological polar surface area (TPSA) is 49.3 Å². The molecule has 3 nitrogen and oxygen atoms in total. The maximum Gasteiger partial charge on any atom is 0.303 e. The lowest BCUT2D eigenvalue weighted by molar-refractivity contribution is -0.137. The zero-order chi connectivity index (χ0) is 12.5. The van der Waals surface area contributed by atoms with E-state index in [1.165, 1.54) is 17.8 Å². The highest BCUT2D eigenvalue weighted by Gasteiger charge is 2.00. The lowest BCUT2D eigenvalue weighted by Crippen LogP contribution is -2.19. The summed E-state index contributed by atoms with van der Waals surface area (Å²) in [7, 11) is 0. The van der Waals surface area contributed by atoms with Gasteiger partial charge in [0, 0.05) is 23.6 Å². The van der Waals surface area contributed by atoms with Gasteiger partial charge in [0.15, 0.2) is 0 Å². The second kappa shape index (κ2) is 8.08. The smallest absolute Gasteiger partial charge is 0.303 e. The molecule has 0 saturated heterocycles. The molecule has 1 rings (SSSR count). The van der Waals surface area contributed by atoms with Gasteiger partial charge in [0.2, 0.25) is 0 Å². The zero-order valence-electron chi connectivity index (χ0n) is 9.49. The molecule has 0 spiro atoms. The van der Waals surface area contributed by atoms with Gasteiger partial charge in [-0.2, -0.15) is 0 Å². The fourth-order valence-electron chi connectivity index (χ4n) is 1.28. The normalized spacial score (nSPS) is 10.4. The second-order valence-corrected chi connectivity index (χ2v) is 4.66. The van der Waals surface area contributed by atoms with Gasteiger partial charge in [-0.1, -0.05) is 12.1 Å². The maximum absolute atomic E-state index is 13.2. The summed E-state index contributed by atoms with van der Waals surface area (Å²) in [6.45, 7) is 1.43. The summed E-state index contributed by atoms with van der Waals surface area (Å²) in [5.74, 6) is -0.190. The van der Waals surface area contributed by atoms with Crippen molar-refractivity contribution >= 4 is 17.7 Å². The van der Waals surface area contributed by atoms with Gasteiger partial charge in [-0.05, 0) is 25.1 Å². The first kappa shape index (κ1) is 14.0. The molecule has 0 aliphatic heterocycles. The molecule has 0 saturated carbocycles. The Bertz CT molecular complexity index is 360. The average molecular weight is 257 g/mol. The number of hydrogen-bond acceptors (Lipinski definition) is 3. The molecule has 0 aliphatic rings. The van der Waals surface area contributed by atoms with Crippen LogP contribution >= 0.6 is 11.8 Å². The standard InChI is InChI=1S/C12H16FNO2S/c13-10-4-1-2-5-11(10)17-9-8-14-7-3-6-12(15)16/h1-2,4-5,14H,3,6-9H2,(H,15,16). The Balaban J connectivity index is 2.05. The number of carbonyl (C=O) groups is 1. The van der Waals surface area contributed by atoms with Crippen LogP contribution in [0, 0.1) is 5.82 Å². The number of carboxylic acid groups (broad SMARTS) is 1. The molecule has 0 aliphatic carbocycles. The van der Waals surface area contributed by atoms with E-state index in [2.05, 4.69) is 5.32 Å². The first-order valence-corrected chi connectivity index (χ1v) is 6.48. The van der Waals surface area contributed by atoms with Crippen LogP contribution in [0.25, 0.3) is 0 Å². The number of rotatable bonds is 8. The van der Waals surface area contributed by atoms with Crippen molar-refractivity contribution in [3.05, 3.63) is 30.1 Å². The Labute approximate surface area is 104 Å². The van der Waals surface area contributed by atoms with Gasteiger partial charge in [0.05, 0.1) is 0 Å². The SMILES string of the molecule is O=C(O)CCCNCCSc1ccccc1F. The molecule has 94 valence electrons. The molecule has 17 heavy (non-hydrogen) atoms. The molecule has 1 aromatic carbocycles. The van der Waals surface area contributed by atoms with Gasteiger partial charge >= 0.3 is 5.97 Å². The average Bonchev–Trinajstić information content (AvgIpc) is 2.30. The van der Waals surface area contributed by atoms with Crippen LogP contribution in [0.2, 0.25) is 0 Å². The lowest BCUT2D eigenvalue weighted by atomic mass is 10.3. The zero-order valence-corrected chi connectivity index (χ0v) is 10.3. The Morgan fingerprint density at radius 3 is 2.82 bits per heavy atom. The van der Waals surface area contributed by atoms with Gasteiger partial charge in [0.25, 0.3) is 0 Å². The van der Waals surface area contributed by atoms with E-state index in [4.69, 9.17) is 5.11 Å². The van der Waals surface area contributed by atoms with Crippen LogP contribution in [-0.4, -0.2) is 29.9 Å². The van der Waals surface area contributed by atoms with Crippen LogP contribution < -0.4 is 5.32 Å². The molecule has 2 N–H and O–H groups in total. The van der Waals surface area contributed by atoms with Crippen molar-refractivity contribution in [2.24, 2.45) is 0 Å². The number of benzene rings is 1. The van der Waals surface area contributed by atoms with E-state index >= 15 is 0 Å². The maximum atomic E-state index is 13.2. The lowest BCUT2D eigenvalue weighted by Gasteiger charge is -2.04. The molecular formula is C12H16FNO2S. The van der Waals surface area contributed by atoms with Crippen molar-refractivity contribution in [2.75, 3.05) is 18.8 Å². The molecule has 0 atom stereocenters. The summed E-state index contributed by atoms with van der Waals surface area (Å²) in [6, 6.07) is 6.68. The van der Waals surface area contributed by atoms with Crippen molar-refractivity contribution in [3.63, 3.8) is 0 Å². The number of aliphatic carboxylic acids is 1. The number of hydrogen-bond donors (Lipinski definition) is 2. The van der Waals surface area contributed by atoms with Gasteiger partial charge in [-0.15, -0.1) is 11.8 Å². The minimum absolute atomic E-state index is 0.188. The molecule has 0 radical (unpaired) electrons. The van der Waals surface area contributed by atoms with Crippen molar-refractivity contribution in [1.29, 1.82) is 0 Å². The fourth-order valence-corrected chi connectivity index (χ4v) is 2.13. The third-order valence-electron chi connectivity index (χ3n) is 2.12. The molecule has 1 aromatic rings. The van der Waals surface area contributed by atoms with Crippen molar-refractivity contribution in [2.45, 2.75) is 17.7 Å². The molecule has 0 unspecified atom stereocenters. The summed E-state index contributed by atoms with van der Waals surface area (Å²) < 4.78 is 13.2. The molecule has 0 heterocycles. The van der Waals surface area contributed by atoms with Gasteiger partial charge in [-0.25, -0.2) is 4.39 Å². The third-order valence-corrected chi connectivity index (χ3v) is 3.17. The molecule has 0 bridgehead atoms. The third kappa shape index (κ3) is 6.28. The van der Waals surface area contributed by atoms with Crippen molar-refractivity contribution in [3.8, 4) is 0 Å². The Morgan fingerprint density at radius 1 is 1.35 bits per heavy atom. The van der Waals surface area contributed by atoms with Crippen molar-refractivity contribution in [1.82, 2.24) is 5.32 Å². The summed E-state index contributed by atoms with van der Waals surface area (Å²) in [5.41, 5.74) is 0. The van der Waals surface area contributed by atoms with Gasteiger partial charge in [-0.3, -0.25) is 4.79 Å². The first-order valence-electron chi connectivity index (χ1n) is 5.50. The van der Waals surface area contributed by atoms with Crippen LogP contribution in [0.1, 0.15) is 12.8 Å². The van der Waals surface area contributed by atoms with Crippen LogP contribution in [0.4, 0.5) is 4.39 Å². The van der Waals surface area contributed by atoms with E-state index < -0.39 is 5.97 Å². The Kier molecular flexibility index (Phi) is 6.65. The van der Waals surface area contributed by atoms with Crippen LogP contribution in [0.5, 0.6) is 0 Å². The van der Waals surface area contributed by atoms with E-state index in [0.717, 1.165) is 12.3 Å². The van der Waals surface area contributed by atoms with E-state index in [9.17, 15) is 9.18 Å². The monoisotopic (exact) mass is 257 g/mol. The molecule has 0 fully saturated rings. The van der Waals surface area contributed by atoms with Crippen LogP contribution in [-0.2, 0) is 4.79 Å². The number of nitrogens with one attached hydrogen (secondary N) is 1. The molecule has 5 heteroatoms. The van der Waals surface area contributed by atoms with Crippen LogP contribution in [0.3, 0.4) is 0 Å². The van der Waals surface area contributed by atoms with E-state index in [1.807, 2.05) is 6.07 Å². The first-order chi connectivity index (χ1) is 8.20. The molecule has 0 amide bonds. The summed E-state index contributed by atoms with van der Waals surface area (Å²) in [5, 5.41) is 11.5. The summed E-state index contributed by atoms with van der Waals surface area (Å²) in [6.07, 6.45) is 0.813. The van der Waals surface area contributed by atoms with Gasteiger partial charge in [0.1, 0.15) is 5.82 Å². The number of thioether (sulfide) groups is 1. The highest BCUT2D eigenvalue weighted by Crippen LogP contribution is 2.20. The van der Waals surface area contributed by atoms with Crippen LogP contribution in [0.15, 0.2) is 29.2 Å². The molecule has 0 aromatic heterocycles. The van der Waals surface area contributed by atoms with E-state index in [-0.39, 0.29) is 12.2 Å². The van der Waals surface area contributed by atoms with E-state index in [0.29, 0.717) is 17.9 Å². The highest BCUT2D eigenvalue weighted by atomic mass is 32.2. The predicted molar refractivity (Wildman–Crippen MR) is 66.9 cm³/mol. The molecular weight excluding hydrogens is 241 g/mol. The predicted octanol–water partition coefficient (Wildman–Crippen LogP) is 2.37. The number of carboxylic acids is 1. The largest absolute Gasteiger partial charge is 0.481 e. The van der Waals surface area contributed by atoms with E-state index in [1.54, 1.807) is 12.1 Å². The second-order valence-electron chi connectivity index (χ2n) is 3.53. The summed E-state index contributed by atoms with van der Waals surface area (Å²) >= 11 is 1.46. The Hall–Kier alpha value is -1.07. The quantitative estimate of drug-likeness (QED) is 0.554. The minimum Gasteiger partial charge on any atom is -0.481 e. The highest BCUT2D eigenvalue weighted by molar-refractivity contribution is 7.99. The minimum atomic E-state index is -0.771. The number of halogens is 1. The van der Waals surface area contributed by atoms with Gasteiger partial charge < -0.3 is 10.4 Å².